The van der Waals surface area contributed by atoms with E-state index in [9.17, 15) is 4.79 Å². The molecule has 1 aromatic rings. The molecule has 0 radical (unpaired) electrons. The lowest BCUT2D eigenvalue weighted by atomic mass is 9.91. The maximum absolute atomic E-state index is 12.1. The second-order valence-electron chi connectivity index (χ2n) is 5.37. The fourth-order valence-electron chi connectivity index (χ4n) is 2.43. The Morgan fingerprint density at radius 3 is 2.62 bits per heavy atom. The first-order valence-corrected chi connectivity index (χ1v) is 7.38. The van der Waals surface area contributed by atoms with Crippen molar-refractivity contribution in [1.29, 1.82) is 5.26 Å². The van der Waals surface area contributed by atoms with Crippen LogP contribution in [-0.2, 0) is 4.79 Å². The Kier molecular flexibility index (Phi) is 5.73. The quantitative estimate of drug-likeness (QED) is 0.801. The number of amides is 1. The van der Waals surface area contributed by atoms with E-state index in [0.717, 1.165) is 19.4 Å². The third-order valence-electron chi connectivity index (χ3n) is 3.84. The fourth-order valence-corrected chi connectivity index (χ4v) is 2.43. The van der Waals surface area contributed by atoms with Crippen LogP contribution >= 0.6 is 0 Å². The summed E-state index contributed by atoms with van der Waals surface area (Å²) in [5.41, 5.74) is 1.28. The van der Waals surface area contributed by atoms with E-state index >= 15 is 0 Å². The Labute approximate surface area is 125 Å². The number of rotatable bonds is 7. The molecule has 0 unspecified atom stereocenters. The van der Waals surface area contributed by atoms with Gasteiger partial charge in [-0.2, -0.15) is 5.26 Å². The van der Waals surface area contributed by atoms with Gasteiger partial charge in [0.2, 0.25) is 5.91 Å². The summed E-state index contributed by atoms with van der Waals surface area (Å²) in [4.78, 5) is 14.3. The van der Waals surface area contributed by atoms with Gasteiger partial charge in [0.05, 0.1) is 18.2 Å². The van der Waals surface area contributed by atoms with E-state index in [2.05, 4.69) is 10.2 Å². The molecule has 21 heavy (non-hydrogen) atoms. The van der Waals surface area contributed by atoms with Crippen molar-refractivity contribution in [3.8, 4) is 6.07 Å². The first-order chi connectivity index (χ1) is 10.2. The highest BCUT2D eigenvalue weighted by molar-refractivity contribution is 5.92. The Morgan fingerprint density at radius 2 is 2.10 bits per heavy atom. The molecule has 0 atom stereocenters. The summed E-state index contributed by atoms with van der Waals surface area (Å²) in [7, 11) is 0. The van der Waals surface area contributed by atoms with E-state index in [4.69, 9.17) is 10.4 Å². The number of hydrogen-bond donors (Lipinski definition) is 2. The summed E-state index contributed by atoms with van der Waals surface area (Å²) < 4.78 is 0. The molecule has 0 saturated heterocycles. The molecule has 1 fully saturated rings. The van der Waals surface area contributed by atoms with Crippen molar-refractivity contribution >= 4 is 11.6 Å². The number of carbonyl (C=O) groups is 1. The smallest absolute Gasteiger partial charge is 0.238 e. The van der Waals surface area contributed by atoms with Gasteiger partial charge in [0.25, 0.3) is 0 Å². The SMILES string of the molecule is N#Cc1ccc(NC(=O)CN(CCCO)C2CCC2)cc1. The van der Waals surface area contributed by atoms with Gasteiger partial charge in [0.15, 0.2) is 0 Å². The van der Waals surface area contributed by atoms with E-state index in [1.165, 1.54) is 6.42 Å². The summed E-state index contributed by atoms with van der Waals surface area (Å²) in [5, 5.41) is 20.5. The summed E-state index contributed by atoms with van der Waals surface area (Å²) in [5.74, 6) is -0.0513. The van der Waals surface area contributed by atoms with Gasteiger partial charge in [-0.25, -0.2) is 0 Å². The molecule has 0 aromatic heterocycles. The minimum Gasteiger partial charge on any atom is -0.396 e. The number of nitrogens with zero attached hydrogens (tertiary/aromatic N) is 2. The molecule has 1 aliphatic carbocycles. The lowest BCUT2D eigenvalue weighted by Crippen LogP contribution is -2.45. The van der Waals surface area contributed by atoms with Crippen LogP contribution in [0.2, 0.25) is 0 Å². The molecule has 0 spiro atoms. The lowest BCUT2D eigenvalue weighted by molar-refractivity contribution is -0.118. The van der Waals surface area contributed by atoms with Crippen LogP contribution in [0.15, 0.2) is 24.3 Å². The number of aliphatic hydroxyl groups is 1. The van der Waals surface area contributed by atoms with Gasteiger partial charge in [-0.3, -0.25) is 9.69 Å². The van der Waals surface area contributed by atoms with Crippen LogP contribution in [0.1, 0.15) is 31.2 Å². The van der Waals surface area contributed by atoms with Crippen LogP contribution < -0.4 is 5.32 Å². The number of nitriles is 1. The summed E-state index contributed by atoms with van der Waals surface area (Å²) in [6.45, 7) is 1.26. The molecule has 2 rings (SSSR count). The molecule has 0 heterocycles. The second kappa shape index (κ2) is 7.77. The minimum atomic E-state index is -0.0513. The molecule has 1 saturated carbocycles. The van der Waals surface area contributed by atoms with Gasteiger partial charge in [0.1, 0.15) is 0 Å². The molecule has 1 aliphatic rings. The number of anilines is 1. The number of carbonyl (C=O) groups excluding carboxylic acids is 1. The zero-order valence-electron chi connectivity index (χ0n) is 12.1. The Bertz CT molecular complexity index is 503. The maximum Gasteiger partial charge on any atom is 0.238 e. The molecule has 1 aromatic carbocycles. The fraction of sp³-hybridized carbons (Fsp3) is 0.500. The van der Waals surface area contributed by atoms with Crippen LogP contribution in [0.5, 0.6) is 0 Å². The molecule has 5 nitrogen and oxygen atoms in total. The van der Waals surface area contributed by atoms with Crippen molar-refractivity contribution in [2.75, 3.05) is 25.0 Å². The van der Waals surface area contributed by atoms with Gasteiger partial charge >= 0.3 is 0 Å². The van der Waals surface area contributed by atoms with Crippen molar-refractivity contribution in [2.24, 2.45) is 0 Å². The summed E-state index contributed by atoms with van der Waals surface area (Å²) >= 11 is 0. The third kappa shape index (κ3) is 4.55. The summed E-state index contributed by atoms with van der Waals surface area (Å²) in [6, 6.07) is 9.36. The van der Waals surface area contributed by atoms with Gasteiger partial charge in [0, 0.05) is 24.9 Å². The van der Waals surface area contributed by atoms with Crippen LogP contribution in [0.4, 0.5) is 5.69 Å². The standard InChI is InChI=1S/C16H21N3O2/c17-11-13-5-7-14(8-6-13)18-16(21)12-19(9-2-10-20)15-3-1-4-15/h5-8,15,20H,1-4,9-10,12H2,(H,18,21). The van der Waals surface area contributed by atoms with Crippen LogP contribution in [0.3, 0.4) is 0 Å². The number of benzene rings is 1. The van der Waals surface area contributed by atoms with Gasteiger partial charge in [-0.1, -0.05) is 6.42 Å². The van der Waals surface area contributed by atoms with Crippen LogP contribution in [0, 0.1) is 11.3 Å². The molecular formula is C16H21N3O2. The number of aliphatic hydroxyl groups excluding tert-OH is 1. The van der Waals surface area contributed by atoms with Crippen molar-refractivity contribution in [1.82, 2.24) is 4.90 Å². The van der Waals surface area contributed by atoms with Crippen molar-refractivity contribution < 1.29 is 9.90 Å². The predicted molar refractivity (Wildman–Crippen MR) is 80.7 cm³/mol. The zero-order chi connectivity index (χ0) is 15.1. The number of nitrogens with one attached hydrogen (secondary N) is 1. The highest BCUT2D eigenvalue weighted by Crippen LogP contribution is 2.24. The van der Waals surface area contributed by atoms with E-state index in [-0.39, 0.29) is 12.5 Å². The monoisotopic (exact) mass is 287 g/mol. The van der Waals surface area contributed by atoms with Gasteiger partial charge in [-0.15, -0.1) is 0 Å². The molecular weight excluding hydrogens is 266 g/mol. The Balaban J connectivity index is 1.87. The van der Waals surface area contributed by atoms with Crippen LogP contribution in [0.25, 0.3) is 0 Å². The first-order valence-electron chi connectivity index (χ1n) is 7.38. The minimum absolute atomic E-state index is 0.0513. The second-order valence-corrected chi connectivity index (χ2v) is 5.37. The average Bonchev–Trinajstić information content (AvgIpc) is 2.43. The zero-order valence-corrected chi connectivity index (χ0v) is 12.1. The van der Waals surface area contributed by atoms with Crippen molar-refractivity contribution in [2.45, 2.75) is 31.7 Å². The molecule has 0 bridgehead atoms. The highest BCUT2D eigenvalue weighted by atomic mass is 16.3. The Morgan fingerprint density at radius 1 is 1.38 bits per heavy atom. The lowest BCUT2D eigenvalue weighted by Gasteiger charge is -2.37. The topological polar surface area (TPSA) is 76.4 Å². The first kappa shape index (κ1) is 15.5. The molecule has 2 N–H and O–H groups in total. The van der Waals surface area contributed by atoms with Crippen molar-refractivity contribution in [3.05, 3.63) is 29.8 Å². The van der Waals surface area contributed by atoms with E-state index in [1.807, 2.05) is 6.07 Å². The highest BCUT2D eigenvalue weighted by Gasteiger charge is 2.25. The third-order valence-corrected chi connectivity index (χ3v) is 3.84. The largest absolute Gasteiger partial charge is 0.396 e. The molecule has 0 aliphatic heterocycles. The van der Waals surface area contributed by atoms with Crippen molar-refractivity contribution in [3.63, 3.8) is 0 Å². The van der Waals surface area contributed by atoms with Gasteiger partial charge < -0.3 is 10.4 Å². The van der Waals surface area contributed by atoms with Gasteiger partial charge in [-0.05, 0) is 43.5 Å². The molecule has 1 amide bonds. The van der Waals surface area contributed by atoms with E-state index < -0.39 is 0 Å². The molecule has 112 valence electrons. The normalized spacial score (nSPS) is 14.5. The van der Waals surface area contributed by atoms with E-state index in [1.54, 1.807) is 24.3 Å². The van der Waals surface area contributed by atoms with E-state index in [0.29, 0.717) is 30.3 Å². The predicted octanol–water partition coefficient (Wildman–Crippen LogP) is 1.73. The maximum atomic E-state index is 12.1. The Hall–Kier alpha value is -1.90. The molecule has 5 heteroatoms. The van der Waals surface area contributed by atoms with Crippen LogP contribution in [-0.4, -0.2) is 41.7 Å². The average molecular weight is 287 g/mol. The number of hydrogen-bond acceptors (Lipinski definition) is 4. The summed E-state index contributed by atoms with van der Waals surface area (Å²) in [6.07, 6.45) is 4.18.